The number of hydrogen-bond acceptors (Lipinski definition) is 5. The first-order valence-electron chi connectivity index (χ1n) is 10.3. The number of halogens is 3. The third kappa shape index (κ3) is 5.04. The predicted molar refractivity (Wildman–Crippen MR) is 114 cm³/mol. The van der Waals surface area contributed by atoms with Crippen molar-refractivity contribution in [3.8, 4) is 11.3 Å². The molecule has 3 aromatic rings. The maximum absolute atomic E-state index is 13.6. The Bertz CT molecular complexity index is 1100. The van der Waals surface area contributed by atoms with E-state index in [9.17, 15) is 18.0 Å². The third-order valence-corrected chi connectivity index (χ3v) is 5.25. The molecule has 3 heterocycles. The molecule has 1 aromatic carbocycles. The number of hydrogen-bond donors (Lipinski definition) is 1. The van der Waals surface area contributed by atoms with E-state index in [2.05, 4.69) is 20.3 Å². The molecule has 1 amide bonds. The minimum absolute atomic E-state index is 0.109. The smallest absolute Gasteiger partial charge is 0.322 e. The quantitative estimate of drug-likeness (QED) is 0.617. The van der Waals surface area contributed by atoms with Crippen LogP contribution in [-0.4, -0.2) is 44.8 Å². The van der Waals surface area contributed by atoms with E-state index in [1.165, 1.54) is 17.0 Å². The number of likely N-dealkylation sites (tertiary alicyclic amines) is 1. The van der Waals surface area contributed by atoms with Gasteiger partial charge in [0.2, 0.25) is 0 Å². The van der Waals surface area contributed by atoms with Gasteiger partial charge in [-0.15, -0.1) is 0 Å². The van der Waals surface area contributed by atoms with E-state index in [1.54, 1.807) is 36.7 Å². The standard InChI is InChI=1S/C23H22F3N5O/c1-23(25,26)22(32)31-10-4-6-16(14-31)21-29-19(15-5-3-9-27-13-15)12-20(30-21)28-18-8-2-7-17(24)11-18/h2-3,5,7-9,11-13,16H,4,6,10,14H2,1H3,(H,28,29,30). The van der Waals surface area contributed by atoms with E-state index in [-0.39, 0.29) is 19.0 Å². The van der Waals surface area contributed by atoms with E-state index >= 15 is 0 Å². The van der Waals surface area contributed by atoms with Gasteiger partial charge < -0.3 is 10.2 Å². The van der Waals surface area contributed by atoms with Gasteiger partial charge in [0.25, 0.3) is 5.91 Å². The molecule has 1 saturated heterocycles. The van der Waals surface area contributed by atoms with E-state index in [4.69, 9.17) is 0 Å². The maximum Gasteiger partial charge on any atom is 0.322 e. The highest BCUT2D eigenvalue weighted by atomic mass is 19.3. The van der Waals surface area contributed by atoms with Gasteiger partial charge in [-0.2, -0.15) is 8.78 Å². The molecule has 4 rings (SSSR count). The Morgan fingerprint density at radius 3 is 2.75 bits per heavy atom. The fourth-order valence-corrected chi connectivity index (χ4v) is 3.74. The number of benzene rings is 1. The number of alkyl halides is 2. The van der Waals surface area contributed by atoms with Crippen LogP contribution in [0.1, 0.15) is 31.5 Å². The van der Waals surface area contributed by atoms with Crippen LogP contribution in [0.5, 0.6) is 0 Å². The molecule has 6 nitrogen and oxygen atoms in total. The Hall–Kier alpha value is -3.49. The van der Waals surface area contributed by atoms with Crippen molar-refractivity contribution in [3.63, 3.8) is 0 Å². The highest BCUT2D eigenvalue weighted by molar-refractivity contribution is 5.83. The molecule has 1 aliphatic rings. The number of carbonyl (C=O) groups excluding carboxylic acids is 1. The lowest BCUT2D eigenvalue weighted by Gasteiger charge is -2.33. The van der Waals surface area contributed by atoms with Crippen LogP contribution < -0.4 is 5.32 Å². The molecule has 2 aromatic heterocycles. The molecule has 0 spiro atoms. The highest BCUT2D eigenvalue weighted by Crippen LogP contribution is 2.30. The average molecular weight is 441 g/mol. The topological polar surface area (TPSA) is 71.0 Å². The molecule has 1 fully saturated rings. The van der Waals surface area contributed by atoms with Crippen LogP contribution in [0.3, 0.4) is 0 Å². The zero-order valence-electron chi connectivity index (χ0n) is 17.4. The second-order valence-corrected chi connectivity index (χ2v) is 7.85. The molecule has 1 N–H and O–H groups in total. The average Bonchev–Trinajstić information content (AvgIpc) is 2.78. The fourth-order valence-electron chi connectivity index (χ4n) is 3.74. The number of carbonyl (C=O) groups is 1. The van der Waals surface area contributed by atoms with Gasteiger partial charge in [0.05, 0.1) is 5.69 Å². The zero-order valence-corrected chi connectivity index (χ0v) is 17.4. The van der Waals surface area contributed by atoms with Crippen LogP contribution in [0.15, 0.2) is 54.9 Å². The Morgan fingerprint density at radius 1 is 1.19 bits per heavy atom. The predicted octanol–water partition coefficient (Wildman–Crippen LogP) is 4.78. The minimum atomic E-state index is -3.43. The Labute approximate surface area is 183 Å². The molecule has 1 atom stereocenters. The summed E-state index contributed by atoms with van der Waals surface area (Å²) >= 11 is 0. The van der Waals surface area contributed by atoms with Gasteiger partial charge >= 0.3 is 5.92 Å². The summed E-state index contributed by atoms with van der Waals surface area (Å²) in [6, 6.07) is 11.3. The van der Waals surface area contributed by atoms with Crippen molar-refractivity contribution in [1.29, 1.82) is 0 Å². The van der Waals surface area contributed by atoms with Gasteiger partial charge in [-0.1, -0.05) is 6.07 Å². The van der Waals surface area contributed by atoms with Crippen LogP contribution >= 0.6 is 0 Å². The Balaban J connectivity index is 1.68. The zero-order chi connectivity index (χ0) is 22.7. The Kier molecular flexibility index (Phi) is 6.07. The monoisotopic (exact) mass is 441 g/mol. The normalized spacial score (nSPS) is 16.6. The van der Waals surface area contributed by atoms with Gasteiger partial charge in [0.15, 0.2) is 0 Å². The number of pyridine rings is 1. The number of nitrogens with zero attached hydrogens (tertiary/aromatic N) is 4. The summed E-state index contributed by atoms with van der Waals surface area (Å²) in [6.45, 7) is 0.993. The molecule has 1 unspecified atom stereocenters. The van der Waals surface area contributed by atoms with Crippen molar-refractivity contribution >= 4 is 17.4 Å². The summed E-state index contributed by atoms with van der Waals surface area (Å²) in [5.41, 5.74) is 1.85. The summed E-state index contributed by atoms with van der Waals surface area (Å²) in [4.78, 5) is 26.6. The lowest BCUT2D eigenvalue weighted by Crippen LogP contribution is -2.46. The first-order chi connectivity index (χ1) is 15.3. The lowest BCUT2D eigenvalue weighted by molar-refractivity contribution is -0.156. The summed E-state index contributed by atoms with van der Waals surface area (Å²) in [5, 5.41) is 3.08. The van der Waals surface area contributed by atoms with Crippen molar-refractivity contribution in [2.24, 2.45) is 0 Å². The van der Waals surface area contributed by atoms with E-state index in [0.717, 1.165) is 5.56 Å². The van der Waals surface area contributed by atoms with Gasteiger partial charge in [0.1, 0.15) is 17.5 Å². The number of piperidine rings is 1. The number of aromatic nitrogens is 3. The van der Waals surface area contributed by atoms with Gasteiger partial charge in [-0.3, -0.25) is 9.78 Å². The fraction of sp³-hybridized carbons (Fsp3) is 0.304. The summed E-state index contributed by atoms with van der Waals surface area (Å²) in [7, 11) is 0. The van der Waals surface area contributed by atoms with E-state index in [1.807, 2.05) is 6.07 Å². The van der Waals surface area contributed by atoms with Crippen LogP contribution in [0.25, 0.3) is 11.3 Å². The van der Waals surface area contributed by atoms with Gasteiger partial charge in [-0.25, -0.2) is 14.4 Å². The second-order valence-electron chi connectivity index (χ2n) is 7.85. The number of anilines is 2. The third-order valence-electron chi connectivity index (χ3n) is 5.25. The molecule has 166 valence electrons. The molecule has 1 aliphatic heterocycles. The van der Waals surface area contributed by atoms with Crippen LogP contribution in [0.4, 0.5) is 24.7 Å². The first-order valence-corrected chi connectivity index (χ1v) is 10.3. The Morgan fingerprint density at radius 2 is 2.03 bits per heavy atom. The minimum Gasteiger partial charge on any atom is -0.340 e. The van der Waals surface area contributed by atoms with E-state index < -0.39 is 17.6 Å². The number of amides is 1. The molecule has 0 radical (unpaired) electrons. The molecule has 0 saturated carbocycles. The molecule has 0 aliphatic carbocycles. The molecule has 0 bridgehead atoms. The first kappa shape index (κ1) is 21.7. The highest BCUT2D eigenvalue weighted by Gasteiger charge is 2.39. The van der Waals surface area contributed by atoms with Gasteiger partial charge in [0, 0.05) is 55.6 Å². The molecular formula is C23H22F3N5O. The molecular weight excluding hydrogens is 419 g/mol. The van der Waals surface area contributed by atoms with Crippen molar-refractivity contribution in [1.82, 2.24) is 19.9 Å². The lowest BCUT2D eigenvalue weighted by atomic mass is 9.96. The molecule has 32 heavy (non-hydrogen) atoms. The van der Waals surface area contributed by atoms with Crippen molar-refractivity contribution < 1.29 is 18.0 Å². The largest absolute Gasteiger partial charge is 0.340 e. The molecule has 9 heteroatoms. The van der Waals surface area contributed by atoms with Crippen LogP contribution in [0, 0.1) is 5.82 Å². The van der Waals surface area contributed by atoms with Crippen molar-refractivity contribution in [2.75, 3.05) is 18.4 Å². The summed E-state index contributed by atoms with van der Waals surface area (Å²) in [6.07, 6.45) is 4.54. The van der Waals surface area contributed by atoms with E-state index in [0.29, 0.717) is 42.8 Å². The summed E-state index contributed by atoms with van der Waals surface area (Å²) in [5.74, 6) is -4.45. The number of nitrogens with one attached hydrogen (secondary N) is 1. The van der Waals surface area contributed by atoms with Crippen LogP contribution in [-0.2, 0) is 4.79 Å². The number of rotatable bonds is 5. The van der Waals surface area contributed by atoms with Crippen LogP contribution in [0.2, 0.25) is 0 Å². The van der Waals surface area contributed by atoms with Gasteiger partial charge in [-0.05, 0) is 43.2 Å². The van der Waals surface area contributed by atoms with Crippen molar-refractivity contribution in [2.45, 2.75) is 31.6 Å². The summed E-state index contributed by atoms with van der Waals surface area (Å²) < 4.78 is 40.8. The second kappa shape index (κ2) is 8.94. The SMILES string of the molecule is CC(F)(F)C(=O)N1CCCC(c2nc(Nc3cccc(F)c3)cc(-c3cccnc3)n2)C1. The van der Waals surface area contributed by atoms with Crippen molar-refractivity contribution in [3.05, 3.63) is 66.5 Å². The maximum atomic E-state index is 13.6.